The maximum Gasteiger partial charge on any atom is 0.255 e. The number of hydrogen-bond acceptors (Lipinski definition) is 1. The zero-order valence-electron chi connectivity index (χ0n) is 10.3. The molecule has 1 aromatic heterocycles. The first-order valence-electron chi connectivity index (χ1n) is 5.97. The number of carbonyl (C=O) groups excluding carboxylic acids is 1. The summed E-state index contributed by atoms with van der Waals surface area (Å²) in [5.74, 6) is -0.162. The molecule has 2 N–H and O–H groups in total. The Kier molecular flexibility index (Phi) is 3.51. The Morgan fingerprint density at radius 3 is 2.80 bits per heavy atom. The van der Waals surface area contributed by atoms with Crippen molar-refractivity contribution in [1.29, 1.82) is 0 Å². The van der Waals surface area contributed by atoms with Gasteiger partial charge in [-0.1, -0.05) is 17.7 Å². The van der Waals surface area contributed by atoms with E-state index >= 15 is 0 Å². The number of nitrogens with one attached hydrogen (secondary N) is 2. The maximum absolute atomic E-state index is 12.2. The first-order chi connectivity index (χ1) is 9.63. The number of anilines is 1. The molecular formula is C15H10BrClN2O. The van der Waals surface area contributed by atoms with E-state index < -0.39 is 0 Å². The van der Waals surface area contributed by atoms with Crippen LogP contribution in [-0.2, 0) is 0 Å². The lowest BCUT2D eigenvalue weighted by molar-refractivity contribution is 0.102. The van der Waals surface area contributed by atoms with E-state index in [2.05, 4.69) is 26.2 Å². The number of benzene rings is 2. The summed E-state index contributed by atoms with van der Waals surface area (Å²) in [4.78, 5) is 15.3. The van der Waals surface area contributed by atoms with Crippen molar-refractivity contribution >= 4 is 50.0 Å². The molecular weight excluding hydrogens is 340 g/mol. The molecule has 0 saturated heterocycles. The third kappa shape index (κ3) is 2.57. The third-order valence-electron chi connectivity index (χ3n) is 3.00. The quantitative estimate of drug-likeness (QED) is 0.683. The summed E-state index contributed by atoms with van der Waals surface area (Å²) < 4.78 is 0.749. The monoisotopic (exact) mass is 348 g/mol. The van der Waals surface area contributed by atoms with E-state index in [4.69, 9.17) is 11.6 Å². The van der Waals surface area contributed by atoms with Crippen molar-refractivity contribution in [1.82, 2.24) is 4.98 Å². The van der Waals surface area contributed by atoms with Gasteiger partial charge in [0.25, 0.3) is 5.91 Å². The molecule has 3 aromatic rings. The van der Waals surface area contributed by atoms with E-state index in [9.17, 15) is 4.79 Å². The minimum absolute atomic E-state index is 0.162. The normalized spacial score (nSPS) is 10.7. The van der Waals surface area contributed by atoms with Crippen LogP contribution >= 0.6 is 27.5 Å². The summed E-state index contributed by atoms with van der Waals surface area (Å²) in [6, 6.07) is 12.7. The van der Waals surface area contributed by atoms with Crippen molar-refractivity contribution in [3.63, 3.8) is 0 Å². The van der Waals surface area contributed by atoms with Crippen molar-refractivity contribution in [2.75, 3.05) is 5.32 Å². The second-order valence-corrected chi connectivity index (χ2v) is 5.65. The van der Waals surface area contributed by atoms with Gasteiger partial charge in [0.1, 0.15) is 0 Å². The van der Waals surface area contributed by atoms with E-state index in [1.54, 1.807) is 24.3 Å². The van der Waals surface area contributed by atoms with Crippen LogP contribution in [0.15, 0.2) is 53.1 Å². The van der Waals surface area contributed by atoms with Gasteiger partial charge >= 0.3 is 0 Å². The van der Waals surface area contributed by atoms with Crippen LogP contribution in [0.5, 0.6) is 0 Å². The first kappa shape index (κ1) is 13.2. The summed E-state index contributed by atoms with van der Waals surface area (Å²) in [5, 5.41) is 4.54. The fourth-order valence-electron chi connectivity index (χ4n) is 1.97. The number of carbonyl (C=O) groups is 1. The number of fused-ring (bicyclic) bond motifs is 1. The number of hydrogen-bond donors (Lipinski definition) is 2. The molecule has 1 amide bonds. The highest BCUT2D eigenvalue weighted by molar-refractivity contribution is 9.10. The fraction of sp³-hybridized carbons (Fsp3) is 0. The molecule has 0 atom stereocenters. The van der Waals surface area contributed by atoms with Gasteiger partial charge in [0.2, 0.25) is 0 Å². The first-order valence-corrected chi connectivity index (χ1v) is 7.14. The predicted octanol–water partition coefficient (Wildman–Crippen LogP) is 4.84. The molecule has 3 rings (SSSR count). The SMILES string of the molecule is O=C(Nc1ccc(Cl)cc1Br)c1ccc2cc[nH]c2c1. The molecule has 2 aromatic carbocycles. The molecule has 0 spiro atoms. The summed E-state index contributed by atoms with van der Waals surface area (Å²) in [7, 11) is 0. The van der Waals surface area contributed by atoms with Crippen LogP contribution in [0, 0.1) is 0 Å². The van der Waals surface area contributed by atoms with E-state index in [0.29, 0.717) is 16.3 Å². The van der Waals surface area contributed by atoms with Gasteiger partial charge in [-0.2, -0.15) is 0 Å². The van der Waals surface area contributed by atoms with Crippen molar-refractivity contribution in [2.24, 2.45) is 0 Å². The molecule has 1 heterocycles. The van der Waals surface area contributed by atoms with Crippen molar-refractivity contribution in [3.8, 4) is 0 Å². The fourth-order valence-corrected chi connectivity index (χ4v) is 2.76. The number of aromatic amines is 1. The summed E-state index contributed by atoms with van der Waals surface area (Å²) in [5.41, 5.74) is 2.22. The summed E-state index contributed by atoms with van der Waals surface area (Å²) >= 11 is 9.25. The lowest BCUT2D eigenvalue weighted by Crippen LogP contribution is -2.12. The number of rotatable bonds is 2. The summed E-state index contributed by atoms with van der Waals surface area (Å²) in [6.45, 7) is 0. The Labute approximate surface area is 129 Å². The molecule has 0 aliphatic rings. The Morgan fingerprint density at radius 2 is 2.00 bits per heavy atom. The largest absolute Gasteiger partial charge is 0.361 e. The number of aromatic nitrogens is 1. The van der Waals surface area contributed by atoms with Crippen LogP contribution in [0.25, 0.3) is 10.9 Å². The predicted molar refractivity (Wildman–Crippen MR) is 85.4 cm³/mol. The second-order valence-electron chi connectivity index (χ2n) is 4.36. The van der Waals surface area contributed by atoms with Gasteiger partial charge in [-0.3, -0.25) is 4.79 Å². The van der Waals surface area contributed by atoms with Gasteiger partial charge < -0.3 is 10.3 Å². The summed E-state index contributed by atoms with van der Waals surface area (Å²) in [6.07, 6.45) is 1.85. The highest BCUT2D eigenvalue weighted by Crippen LogP contribution is 2.26. The molecule has 3 nitrogen and oxygen atoms in total. The molecule has 5 heteroatoms. The zero-order chi connectivity index (χ0) is 14.1. The standard InChI is InChI=1S/C15H10BrClN2O/c16-12-8-11(17)3-4-13(12)19-15(20)10-2-1-9-5-6-18-14(9)7-10/h1-8,18H,(H,19,20). The Hall–Kier alpha value is -1.78. The Balaban J connectivity index is 1.88. The van der Waals surface area contributed by atoms with Gasteiger partial charge in [-0.05, 0) is 57.7 Å². The number of halogens is 2. The molecule has 0 unspecified atom stereocenters. The van der Waals surface area contributed by atoms with Crippen LogP contribution in [-0.4, -0.2) is 10.9 Å². The van der Waals surface area contributed by atoms with E-state index in [0.717, 1.165) is 15.4 Å². The zero-order valence-corrected chi connectivity index (χ0v) is 12.6. The van der Waals surface area contributed by atoms with Crippen LogP contribution in [0.4, 0.5) is 5.69 Å². The van der Waals surface area contributed by atoms with Crippen molar-refractivity contribution in [2.45, 2.75) is 0 Å². The minimum atomic E-state index is -0.162. The van der Waals surface area contributed by atoms with Crippen molar-refractivity contribution < 1.29 is 4.79 Å². The van der Waals surface area contributed by atoms with E-state index in [-0.39, 0.29) is 5.91 Å². The van der Waals surface area contributed by atoms with Crippen LogP contribution in [0.1, 0.15) is 10.4 Å². The molecule has 100 valence electrons. The smallest absolute Gasteiger partial charge is 0.255 e. The van der Waals surface area contributed by atoms with Gasteiger partial charge in [0.05, 0.1) is 5.69 Å². The second kappa shape index (κ2) is 5.31. The average molecular weight is 350 g/mol. The van der Waals surface area contributed by atoms with Crippen LogP contribution in [0.3, 0.4) is 0 Å². The molecule has 0 aliphatic heterocycles. The molecule has 0 saturated carbocycles. The topological polar surface area (TPSA) is 44.9 Å². The highest BCUT2D eigenvalue weighted by atomic mass is 79.9. The Bertz CT molecular complexity index is 797. The molecule has 20 heavy (non-hydrogen) atoms. The van der Waals surface area contributed by atoms with Gasteiger partial charge in [-0.15, -0.1) is 0 Å². The molecule has 0 aliphatic carbocycles. The minimum Gasteiger partial charge on any atom is -0.361 e. The third-order valence-corrected chi connectivity index (χ3v) is 3.89. The number of amides is 1. The highest BCUT2D eigenvalue weighted by Gasteiger charge is 2.09. The van der Waals surface area contributed by atoms with E-state index in [1.165, 1.54) is 0 Å². The Morgan fingerprint density at radius 1 is 1.15 bits per heavy atom. The number of H-pyrrole nitrogens is 1. The van der Waals surface area contributed by atoms with Gasteiger partial charge in [0.15, 0.2) is 0 Å². The van der Waals surface area contributed by atoms with Crippen molar-refractivity contribution in [3.05, 3.63) is 63.7 Å². The molecule has 0 radical (unpaired) electrons. The lowest BCUT2D eigenvalue weighted by Gasteiger charge is -2.08. The van der Waals surface area contributed by atoms with Gasteiger partial charge in [-0.25, -0.2) is 0 Å². The maximum atomic E-state index is 12.2. The van der Waals surface area contributed by atoms with E-state index in [1.807, 2.05) is 24.4 Å². The lowest BCUT2D eigenvalue weighted by atomic mass is 10.1. The van der Waals surface area contributed by atoms with Crippen LogP contribution < -0.4 is 5.32 Å². The molecule has 0 fully saturated rings. The van der Waals surface area contributed by atoms with Crippen LogP contribution in [0.2, 0.25) is 5.02 Å². The molecule has 0 bridgehead atoms. The van der Waals surface area contributed by atoms with Gasteiger partial charge in [0, 0.05) is 26.8 Å². The average Bonchev–Trinajstić information content (AvgIpc) is 2.89.